The maximum atomic E-state index is 12.9. The van der Waals surface area contributed by atoms with Gasteiger partial charge in [0, 0.05) is 6.54 Å². The van der Waals surface area contributed by atoms with Crippen LogP contribution in [0.15, 0.2) is 60.7 Å². The summed E-state index contributed by atoms with van der Waals surface area (Å²) >= 11 is 0. The zero-order chi connectivity index (χ0) is 16.9. The molecule has 4 heteroatoms. The molecule has 1 aliphatic heterocycles. The highest BCUT2D eigenvalue weighted by Gasteiger charge is 2.38. The Balaban J connectivity index is 2.05. The Morgan fingerprint density at radius 2 is 1.17 bits per heavy atom. The SMILES string of the molecule is NCCCCN1C(=O)C(c2ccccc2)=C(c2ccccc2)C1=O. The maximum absolute atomic E-state index is 12.9. The van der Waals surface area contributed by atoms with E-state index in [0.717, 1.165) is 24.0 Å². The van der Waals surface area contributed by atoms with Crippen molar-refractivity contribution >= 4 is 23.0 Å². The summed E-state index contributed by atoms with van der Waals surface area (Å²) < 4.78 is 0. The molecule has 0 saturated heterocycles. The van der Waals surface area contributed by atoms with Crippen molar-refractivity contribution < 1.29 is 9.59 Å². The number of imide groups is 1. The minimum absolute atomic E-state index is 0.220. The van der Waals surface area contributed by atoms with Crippen LogP contribution in [-0.4, -0.2) is 29.8 Å². The number of nitrogens with two attached hydrogens (primary N) is 1. The first-order valence-electron chi connectivity index (χ1n) is 8.15. The molecule has 0 aromatic heterocycles. The zero-order valence-electron chi connectivity index (χ0n) is 13.4. The van der Waals surface area contributed by atoms with E-state index < -0.39 is 0 Å². The van der Waals surface area contributed by atoms with Gasteiger partial charge >= 0.3 is 0 Å². The molecule has 1 aliphatic rings. The van der Waals surface area contributed by atoms with E-state index in [2.05, 4.69) is 0 Å². The Morgan fingerprint density at radius 3 is 1.58 bits per heavy atom. The van der Waals surface area contributed by atoms with Crippen molar-refractivity contribution in [3.63, 3.8) is 0 Å². The summed E-state index contributed by atoms with van der Waals surface area (Å²) in [6.45, 7) is 0.961. The van der Waals surface area contributed by atoms with Crippen LogP contribution >= 0.6 is 0 Å². The van der Waals surface area contributed by atoms with Gasteiger partial charge in [0.15, 0.2) is 0 Å². The molecule has 0 aliphatic carbocycles. The summed E-state index contributed by atoms with van der Waals surface area (Å²) in [5.41, 5.74) is 8.04. The van der Waals surface area contributed by atoms with Gasteiger partial charge < -0.3 is 5.73 Å². The number of unbranched alkanes of at least 4 members (excludes halogenated alkanes) is 1. The third-order valence-corrected chi connectivity index (χ3v) is 4.13. The Labute approximate surface area is 141 Å². The molecular weight excluding hydrogens is 300 g/mol. The molecule has 2 amide bonds. The lowest BCUT2D eigenvalue weighted by molar-refractivity contribution is -0.136. The van der Waals surface area contributed by atoms with Crippen LogP contribution in [0.5, 0.6) is 0 Å². The zero-order valence-corrected chi connectivity index (χ0v) is 13.4. The number of benzene rings is 2. The minimum Gasteiger partial charge on any atom is -0.330 e. The molecule has 0 atom stereocenters. The van der Waals surface area contributed by atoms with E-state index in [1.165, 1.54) is 4.90 Å². The lowest BCUT2D eigenvalue weighted by Crippen LogP contribution is -2.32. The topological polar surface area (TPSA) is 63.4 Å². The molecule has 24 heavy (non-hydrogen) atoms. The van der Waals surface area contributed by atoms with Gasteiger partial charge in [-0.25, -0.2) is 0 Å². The van der Waals surface area contributed by atoms with E-state index in [1.54, 1.807) is 0 Å². The Kier molecular flexibility index (Phi) is 4.87. The molecule has 0 unspecified atom stereocenters. The Bertz CT molecular complexity index is 705. The van der Waals surface area contributed by atoms with E-state index in [1.807, 2.05) is 60.7 Å². The molecule has 2 aromatic rings. The summed E-state index contributed by atoms with van der Waals surface area (Å²) in [4.78, 5) is 27.2. The van der Waals surface area contributed by atoms with Crippen molar-refractivity contribution in [2.75, 3.05) is 13.1 Å². The van der Waals surface area contributed by atoms with Crippen molar-refractivity contribution in [3.05, 3.63) is 71.8 Å². The fraction of sp³-hybridized carbons (Fsp3) is 0.200. The van der Waals surface area contributed by atoms with Gasteiger partial charge in [0.1, 0.15) is 0 Å². The molecule has 3 rings (SSSR count). The summed E-state index contributed by atoms with van der Waals surface area (Å²) in [5.74, 6) is -0.441. The van der Waals surface area contributed by atoms with Crippen LogP contribution in [0.3, 0.4) is 0 Å². The van der Waals surface area contributed by atoms with Gasteiger partial charge in [-0.1, -0.05) is 60.7 Å². The molecule has 0 fully saturated rings. The van der Waals surface area contributed by atoms with E-state index >= 15 is 0 Å². The molecule has 0 saturated carbocycles. The fourth-order valence-corrected chi connectivity index (χ4v) is 2.94. The standard InChI is InChI=1S/C20H20N2O2/c21-13-7-8-14-22-19(23)17(15-9-3-1-4-10-15)18(20(22)24)16-11-5-2-6-12-16/h1-6,9-12H,7-8,13-14,21H2. The second kappa shape index (κ2) is 7.23. The third-order valence-electron chi connectivity index (χ3n) is 4.13. The number of hydrogen-bond acceptors (Lipinski definition) is 3. The monoisotopic (exact) mass is 320 g/mol. The molecule has 0 radical (unpaired) electrons. The van der Waals surface area contributed by atoms with E-state index in [0.29, 0.717) is 24.2 Å². The molecule has 2 aromatic carbocycles. The van der Waals surface area contributed by atoms with Crippen LogP contribution in [0, 0.1) is 0 Å². The second-order valence-corrected chi connectivity index (χ2v) is 5.74. The lowest BCUT2D eigenvalue weighted by atomic mass is 9.96. The lowest BCUT2D eigenvalue weighted by Gasteiger charge is -2.14. The first kappa shape index (κ1) is 16.1. The van der Waals surface area contributed by atoms with Crippen LogP contribution in [0.2, 0.25) is 0 Å². The van der Waals surface area contributed by atoms with Crippen molar-refractivity contribution in [3.8, 4) is 0 Å². The van der Waals surface area contributed by atoms with Crippen molar-refractivity contribution in [1.82, 2.24) is 4.90 Å². The minimum atomic E-state index is -0.220. The summed E-state index contributed by atoms with van der Waals surface area (Å²) in [5, 5.41) is 0. The van der Waals surface area contributed by atoms with Crippen molar-refractivity contribution in [2.24, 2.45) is 5.73 Å². The molecule has 0 bridgehead atoms. The molecule has 1 heterocycles. The number of carbonyl (C=O) groups is 2. The van der Waals surface area contributed by atoms with Gasteiger partial charge in [-0.3, -0.25) is 14.5 Å². The molecule has 122 valence electrons. The van der Waals surface area contributed by atoms with Gasteiger partial charge in [0.2, 0.25) is 0 Å². The van der Waals surface area contributed by atoms with Gasteiger partial charge in [0.05, 0.1) is 11.1 Å². The Morgan fingerprint density at radius 1 is 0.708 bits per heavy atom. The highest BCUT2D eigenvalue weighted by molar-refractivity contribution is 6.48. The summed E-state index contributed by atoms with van der Waals surface area (Å²) in [6.07, 6.45) is 1.51. The van der Waals surface area contributed by atoms with Crippen LogP contribution in [0.4, 0.5) is 0 Å². The van der Waals surface area contributed by atoms with Gasteiger partial charge in [-0.15, -0.1) is 0 Å². The van der Waals surface area contributed by atoms with Gasteiger partial charge in [-0.05, 0) is 30.5 Å². The number of nitrogens with zero attached hydrogens (tertiary/aromatic N) is 1. The Hall–Kier alpha value is -2.72. The summed E-state index contributed by atoms with van der Waals surface area (Å²) in [6, 6.07) is 18.8. The molecule has 2 N–H and O–H groups in total. The quantitative estimate of drug-likeness (QED) is 0.657. The number of carbonyl (C=O) groups excluding carboxylic acids is 2. The normalized spacial score (nSPS) is 14.6. The maximum Gasteiger partial charge on any atom is 0.262 e. The van der Waals surface area contributed by atoms with Crippen molar-refractivity contribution in [1.29, 1.82) is 0 Å². The number of hydrogen-bond donors (Lipinski definition) is 1. The van der Waals surface area contributed by atoms with Crippen LogP contribution < -0.4 is 5.73 Å². The average molecular weight is 320 g/mol. The van der Waals surface area contributed by atoms with Crippen molar-refractivity contribution in [2.45, 2.75) is 12.8 Å². The first-order chi connectivity index (χ1) is 11.7. The second-order valence-electron chi connectivity index (χ2n) is 5.74. The summed E-state index contributed by atoms with van der Waals surface area (Å²) in [7, 11) is 0. The first-order valence-corrected chi connectivity index (χ1v) is 8.15. The van der Waals surface area contributed by atoms with Crippen LogP contribution in [-0.2, 0) is 9.59 Å². The van der Waals surface area contributed by atoms with Gasteiger partial charge in [-0.2, -0.15) is 0 Å². The predicted octanol–water partition coefficient (Wildman–Crippen LogP) is 2.71. The van der Waals surface area contributed by atoms with E-state index in [4.69, 9.17) is 5.73 Å². The average Bonchev–Trinajstić information content (AvgIpc) is 2.88. The molecule has 4 nitrogen and oxygen atoms in total. The van der Waals surface area contributed by atoms with E-state index in [-0.39, 0.29) is 11.8 Å². The largest absolute Gasteiger partial charge is 0.330 e. The highest BCUT2D eigenvalue weighted by atomic mass is 16.2. The highest BCUT2D eigenvalue weighted by Crippen LogP contribution is 2.35. The number of amides is 2. The predicted molar refractivity (Wildman–Crippen MR) is 94.7 cm³/mol. The van der Waals surface area contributed by atoms with Gasteiger partial charge in [0.25, 0.3) is 11.8 Å². The van der Waals surface area contributed by atoms with E-state index in [9.17, 15) is 9.59 Å². The molecular formula is C20H20N2O2. The van der Waals surface area contributed by atoms with Crippen LogP contribution in [0.1, 0.15) is 24.0 Å². The van der Waals surface area contributed by atoms with Crippen LogP contribution in [0.25, 0.3) is 11.1 Å². The number of rotatable bonds is 6. The molecule has 0 spiro atoms. The fourth-order valence-electron chi connectivity index (χ4n) is 2.94. The third kappa shape index (κ3) is 3.01. The smallest absolute Gasteiger partial charge is 0.262 e.